The Balaban J connectivity index is 1.54. The van der Waals surface area contributed by atoms with E-state index in [0.29, 0.717) is 5.92 Å². The van der Waals surface area contributed by atoms with E-state index in [-0.39, 0.29) is 11.2 Å². The van der Waals surface area contributed by atoms with Gasteiger partial charge in [-0.1, -0.05) is 56.3 Å². The molecule has 0 atom stereocenters. The molecule has 0 unspecified atom stereocenters. The molecule has 5 rings (SSSR count). The first-order valence-corrected chi connectivity index (χ1v) is 9.79. The van der Waals surface area contributed by atoms with E-state index in [2.05, 4.69) is 71.0 Å². The maximum atomic E-state index is 13.2. The van der Waals surface area contributed by atoms with Crippen LogP contribution in [0.3, 0.4) is 0 Å². The molecule has 0 saturated heterocycles. The van der Waals surface area contributed by atoms with E-state index < -0.39 is 0 Å². The maximum Gasteiger partial charge on any atom is 0.164 e. The number of aromatic nitrogens is 3. The second-order valence-corrected chi connectivity index (χ2v) is 8.00. The zero-order chi connectivity index (χ0) is 19.3. The highest BCUT2D eigenvalue weighted by Gasteiger charge is 2.49. The number of halogens is 1. The first-order valence-electron chi connectivity index (χ1n) is 9.79. The van der Waals surface area contributed by atoms with E-state index in [1.165, 1.54) is 23.3 Å². The molecule has 0 N–H and O–H groups in total. The fourth-order valence-electron chi connectivity index (χ4n) is 4.10. The first-order chi connectivity index (χ1) is 13.6. The summed E-state index contributed by atoms with van der Waals surface area (Å²) in [5.41, 5.74) is 5.50. The summed E-state index contributed by atoms with van der Waals surface area (Å²) in [7, 11) is 0. The molecule has 0 spiro atoms. The average molecular weight is 371 g/mol. The molecule has 2 aromatic heterocycles. The maximum absolute atomic E-state index is 13.2. The molecule has 140 valence electrons. The smallest absolute Gasteiger partial charge is 0.164 e. The van der Waals surface area contributed by atoms with Crippen LogP contribution in [-0.4, -0.2) is 14.6 Å². The van der Waals surface area contributed by atoms with Gasteiger partial charge in [-0.3, -0.25) is 4.40 Å². The molecule has 4 heteroatoms. The highest BCUT2D eigenvalue weighted by atomic mass is 19.1. The fourth-order valence-corrected chi connectivity index (χ4v) is 4.10. The van der Waals surface area contributed by atoms with Crippen LogP contribution in [-0.2, 0) is 5.41 Å². The molecule has 0 radical (unpaired) electrons. The molecule has 3 nitrogen and oxygen atoms in total. The lowest BCUT2D eigenvalue weighted by atomic mass is 9.93. The zero-order valence-corrected chi connectivity index (χ0v) is 16.1. The van der Waals surface area contributed by atoms with Gasteiger partial charge in [0, 0.05) is 6.20 Å². The van der Waals surface area contributed by atoms with Gasteiger partial charge in [0.25, 0.3) is 0 Å². The van der Waals surface area contributed by atoms with E-state index in [4.69, 9.17) is 0 Å². The first kappa shape index (κ1) is 17.1. The van der Waals surface area contributed by atoms with E-state index in [0.717, 1.165) is 35.4 Å². The Morgan fingerprint density at radius 2 is 1.54 bits per heavy atom. The van der Waals surface area contributed by atoms with Gasteiger partial charge in [-0.05, 0) is 59.2 Å². The van der Waals surface area contributed by atoms with Gasteiger partial charge in [-0.15, -0.1) is 10.2 Å². The highest BCUT2D eigenvalue weighted by molar-refractivity contribution is 5.64. The summed E-state index contributed by atoms with van der Waals surface area (Å²) < 4.78 is 15.3. The van der Waals surface area contributed by atoms with Crippen LogP contribution in [0, 0.1) is 5.82 Å². The summed E-state index contributed by atoms with van der Waals surface area (Å²) in [4.78, 5) is 0. The van der Waals surface area contributed by atoms with Crippen molar-refractivity contribution in [3.63, 3.8) is 0 Å². The van der Waals surface area contributed by atoms with E-state index in [1.807, 2.05) is 12.1 Å². The van der Waals surface area contributed by atoms with Gasteiger partial charge in [0.1, 0.15) is 11.6 Å². The molecule has 1 aliphatic rings. The van der Waals surface area contributed by atoms with Crippen molar-refractivity contribution in [2.75, 3.05) is 0 Å². The van der Waals surface area contributed by atoms with Gasteiger partial charge in [-0.25, -0.2) is 4.39 Å². The standard InChI is InChI=1S/C24H22FN3/c1-16(2)21-4-3-15-28-22(21)26-27-23(28)24(13-14-24)19-9-5-17(6-10-19)18-7-11-20(25)12-8-18/h3-12,15-16H,13-14H2,1-2H3. The molecule has 2 heterocycles. The summed E-state index contributed by atoms with van der Waals surface area (Å²) in [6, 6.07) is 19.4. The fraction of sp³-hybridized carbons (Fsp3) is 0.250. The van der Waals surface area contributed by atoms with Crippen molar-refractivity contribution >= 4 is 5.65 Å². The van der Waals surface area contributed by atoms with Crippen molar-refractivity contribution in [1.29, 1.82) is 0 Å². The Bertz CT molecular complexity index is 1140. The molecule has 28 heavy (non-hydrogen) atoms. The van der Waals surface area contributed by atoms with Crippen molar-refractivity contribution < 1.29 is 4.39 Å². The Morgan fingerprint density at radius 1 is 0.893 bits per heavy atom. The van der Waals surface area contributed by atoms with Gasteiger partial charge in [0.05, 0.1) is 5.41 Å². The molecule has 1 saturated carbocycles. The monoisotopic (exact) mass is 371 g/mol. The van der Waals surface area contributed by atoms with Crippen molar-refractivity contribution in [2.45, 2.75) is 38.0 Å². The van der Waals surface area contributed by atoms with Gasteiger partial charge in [0.2, 0.25) is 0 Å². The largest absolute Gasteiger partial charge is 0.285 e. The molecule has 0 aliphatic heterocycles. The number of pyridine rings is 1. The lowest BCUT2D eigenvalue weighted by molar-refractivity contribution is 0.628. The quantitative estimate of drug-likeness (QED) is 0.458. The summed E-state index contributed by atoms with van der Waals surface area (Å²) in [6.07, 6.45) is 4.23. The van der Waals surface area contributed by atoms with Crippen LogP contribution in [0.1, 0.15) is 49.6 Å². The van der Waals surface area contributed by atoms with Crippen LogP contribution in [0.4, 0.5) is 4.39 Å². The van der Waals surface area contributed by atoms with Crippen LogP contribution >= 0.6 is 0 Å². The number of fused-ring (bicyclic) bond motifs is 1. The van der Waals surface area contributed by atoms with Crippen LogP contribution in [0.2, 0.25) is 0 Å². The zero-order valence-electron chi connectivity index (χ0n) is 16.1. The Kier molecular flexibility index (Phi) is 3.83. The molecular formula is C24H22FN3. The van der Waals surface area contributed by atoms with Crippen LogP contribution in [0.15, 0.2) is 66.9 Å². The predicted molar refractivity (Wildman–Crippen MR) is 109 cm³/mol. The third-order valence-electron chi connectivity index (χ3n) is 5.88. The molecule has 2 aromatic carbocycles. The highest BCUT2D eigenvalue weighted by Crippen LogP contribution is 2.53. The third-order valence-corrected chi connectivity index (χ3v) is 5.88. The Morgan fingerprint density at radius 3 is 2.14 bits per heavy atom. The lowest BCUT2D eigenvalue weighted by Gasteiger charge is -2.15. The lowest BCUT2D eigenvalue weighted by Crippen LogP contribution is -2.13. The molecule has 0 bridgehead atoms. The van der Waals surface area contributed by atoms with E-state index >= 15 is 0 Å². The molecule has 1 aliphatic carbocycles. The van der Waals surface area contributed by atoms with Crippen molar-refractivity contribution in [1.82, 2.24) is 14.6 Å². The minimum Gasteiger partial charge on any atom is -0.285 e. The van der Waals surface area contributed by atoms with Crippen LogP contribution in [0.5, 0.6) is 0 Å². The second-order valence-electron chi connectivity index (χ2n) is 8.00. The van der Waals surface area contributed by atoms with Gasteiger partial charge in [-0.2, -0.15) is 0 Å². The van der Waals surface area contributed by atoms with Crippen molar-refractivity contribution in [3.05, 3.63) is 89.6 Å². The molecular weight excluding hydrogens is 349 g/mol. The van der Waals surface area contributed by atoms with Crippen LogP contribution < -0.4 is 0 Å². The van der Waals surface area contributed by atoms with Crippen molar-refractivity contribution in [2.24, 2.45) is 0 Å². The normalized spacial score (nSPS) is 15.3. The molecule has 0 amide bonds. The Hall–Kier alpha value is -3.01. The average Bonchev–Trinajstić information content (AvgIpc) is 3.40. The van der Waals surface area contributed by atoms with Crippen LogP contribution in [0.25, 0.3) is 16.8 Å². The summed E-state index contributed by atoms with van der Waals surface area (Å²) >= 11 is 0. The summed E-state index contributed by atoms with van der Waals surface area (Å²) in [5.74, 6) is 1.22. The molecule has 4 aromatic rings. The molecule has 1 fully saturated rings. The SMILES string of the molecule is CC(C)c1cccn2c(C3(c4ccc(-c5ccc(F)cc5)cc4)CC3)nnc12. The summed E-state index contributed by atoms with van der Waals surface area (Å²) in [5, 5.41) is 9.13. The predicted octanol–water partition coefficient (Wildman–Crippen LogP) is 5.74. The number of rotatable bonds is 4. The third kappa shape index (κ3) is 2.63. The number of nitrogens with zero attached hydrogens (tertiary/aromatic N) is 3. The summed E-state index contributed by atoms with van der Waals surface area (Å²) in [6.45, 7) is 4.37. The second kappa shape index (κ2) is 6.26. The Labute approximate surface area is 163 Å². The van der Waals surface area contributed by atoms with Crippen molar-refractivity contribution in [3.8, 4) is 11.1 Å². The number of hydrogen-bond donors (Lipinski definition) is 0. The van der Waals surface area contributed by atoms with Gasteiger partial charge < -0.3 is 0 Å². The number of benzene rings is 2. The topological polar surface area (TPSA) is 30.2 Å². The van der Waals surface area contributed by atoms with Gasteiger partial charge >= 0.3 is 0 Å². The minimum absolute atomic E-state index is 0.0592. The minimum atomic E-state index is -0.211. The van der Waals surface area contributed by atoms with Gasteiger partial charge in [0.15, 0.2) is 5.65 Å². The van der Waals surface area contributed by atoms with E-state index in [9.17, 15) is 4.39 Å². The van der Waals surface area contributed by atoms with E-state index in [1.54, 1.807) is 0 Å². The number of hydrogen-bond acceptors (Lipinski definition) is 2.